The molecule has 0 radical (unpaired) electrons. The van der Waals surface area contributed by atoms with Gasteiger partial charge >= 0.3 is 6.61 Å². The van der Waals surface area contributed by atoms with Gasteiger partial charge in [-0.1, -0.05) is 40.2 Å². The number of alkyl halides is 2. The molecule has 1 aromatic carbocycles. The Labute approximate surface area is 117 Å². The van der Waals surface area contributed by atoms with Gasteiger partial charge in [-0.25, -0.2) is 4.98 Å². The standard InChI is InChI=1S/C14H10BrF2NO/c15-12-3-1-2-10(8-12)4-5-11-6-7-13(18-9-11)19-14(16)17/h1-9,14H. The van der Waals surface area contributed by atoms with Crippen LogP contribution in [0.5, 0.6) is 5.88 Å². The third-order valence-electron chi connectivity index (χ3n) is 2.29. The second-order valence-corrected chi connectivity index (χ2v) is 4.61. The van der Waals surface area contributed by atoms with Gasteiger partial charge in [0.05, 0.1) is 0 Å². The van der Waals surface area contributed by atoms with Gasteiger partial charge in [-0.15, -0.1) is 0 Å². The normalized spacial score (nSPS) is 11.2. The third kappa shape index (κ3) is 4.44. The fourth-order valence-electron chi connectivity index (χ4n) is 1.45. The molecule has 2 nitrogen and oxygen atoms in total. The highest BCUT2D eigenvalue weighted by molar-refractivity contribution is 9.10. The zero-order valence-electron chi connectivity index (χ0n) is 9.76. The Balaban J connectivity index is 2.07. The number of pyridine rings is 1. The number of benzene rings is 1. The number of ether oxygens (including phenoxy) is 1. The van der Waals surface area contributed by atoms with Gasteiger partial charge in [0, 0.05) is 16.7 Å². The van der Waals surface area contributed by atoms with Crippen LogP contribution in [0, 0.1) is 0 Å². The lowest BCUT2D eigenvalue weighted by Gasteiger charge is -2.02. The van der Waals surface area contributed by atoms with Crippen molar-refractivity contribution in [1.82, 2.24) is 4.98 Å². The van der Waals surface area contributed by atoms with Crippen molar-refractivity contribution < 1.29 is 13.5 Å². The van der Waals surface area contributed by atoms with Crippen molar-refractivity contribution in [3.63, 3.8) is 0 Å². The van der Waals surface area contributed by atoms with Crippen LogP contribution in [0.4, 0.5) is 8.78 Å². The highest BCUT2D eigenvalue weighted by Crippen LogP contribution is 2.15. The van der Waals surface area contributed by atoms with Crippen molar-refractivity contribution in [3.05, 3.63) is 58.2 Å². The Hall–Kier alpha value is -1.75. The van der Waals surface area contributed by atoms with E-state index in [-0.39, 0.29) is 5.88 Å². The van der Waals surface area contributed by atoms with Crippen molar-refractivity contribution in [2.75, 3.05) is 0 Å². The van der Waals surface area contributed by atoms with Crippen LogP contribution in [0.1, 0.15) is 11.1 Å². The molecule has 2 aromatic rings. The van der Waals surface area contributed by atoms with E-state index in [1.165, 1.54) is 12.3 Å². The zero-order chi connectivity index (χ0) is 13.7. The summed E-state index contributed by atoms with van der Waals surface area (Å²) in [5, 5.41) is 0. The number of aromatic nitrogens is 1. The van der Waals surface area contributed by atoms with Crippen molar-refractivity contribution in [2.45, 2.75) is 6.61 Å². The lowest BCUT2D eigenvalue weighted by atomic mass is 10.2. The largest absolute Gasteiger partial charge is 0.417 e. The molecule has 0 unspecified atom stereocenters. The van der Waals surface area contributed by atoms with Crippen LogP contribution in [0.25, 0.3) is 12.2 Å². The first-order chi connectivity index (χ1) is 9.13. The molecule has 0 bridgehead atoms. The molecule has 0 saturated carbocycles. The van der Waals surface area contributed by atoms with Crippen LogP contribution < -0.4 is 4.74 Å². The van der Waals surface area contributed by atoms with Gasteiger partial charge in [0.25, 0.3) is 0 Å². The van der Waals surface area contributed by atoms with E-state index in [2.05, 4.69) is 25.7 Å². The topological polar surface area (TPSA) is 22.1 Å². The van der Waals surface area contributed by atoms with E-state index in [0.717, 1.165) is 15.6 Å². The Morgan fingerprint density at radius 1 is 1.11 bits per heavy atom. The predicted molar refractivity (Wildman–Crippen MR) is 73.9 cm³/mol. The minimum absolute atomic E-state index is 0.0883. The van der Waals surface area contributed by atoms with Crippen molar-refractivity contribution in [1.29, 1.82) is 0 Å². The predicted octanol–water partition coefficient (Wildman–Crippen LogP) is 4.62. The molecule has 0 N–H and O–H groups in total. The number of nitrogens with zero attached hydrogens (tertiary/aromatic N) is 1. The Kier molecular flexibility index (Phi) is 4.63. The van der Waals surface area contributed by atoms with Gasteiger partial charge < -0.3 is 4.74 Å². The van der Waals surface area contributed by atoms with E-state index in [9.17, 15) is 8.78 Å². The molecule has 0 fully saturated rings. The summed E-state index contributed by atoms with van der Waals surface area (Å²) in [7, 11) is 0. The fraction of sp³-hybridized carbons (Fsp3) is 0.0714. The van der Waals surface area contributed by atoms with Crippen molar-refractivity contribution >= 4 is 28.1 Å². The summed E-state index contributed by atoms with van der Waals surface area (Å²) in [5.74, 6) is -0.0883. The average Bonchev–Trinajstić information content (AvgIpc) is 2.37. The second kappa shape index (κ2) is 6.43. The first kappa shape index (κ1) is 13.7. The molecular formula is C14H10BrF2NO. The molecule has 5 heteroatoms. The monoisotopic (exact) mass is 325 g/mol. The summed E-state index contributed by atoms with van der Waals surface area (Å²) in [6.45, 7) is -2.85. The molecule has 98 valence electrons. The first-order valence-corrected chi connectivity index (χ1v) is 6.27. The number of halogens is 3. The van der Waals surface area contributed by atoms with Gasteiger partial charge in [0.15, 0.2) is 0 Å². The van der Waals surface area contributed by atoms with E-state index >= 15 is 0 Å². The van der Waals surface area contributed by atoms with E-state index in [1.807, 2.05) is 36.4 Å². The molecule has 0 spiro atoms. The Bertz CT molecular complexity index is 570. The zero-order valence-corrected chi connectivity index (χ0v) is 11.3. The number of rotatable bonds is 4. The summed E-state index contributed by atoms with van der Waals surface area (Å²) in [5.41, 5.74) is 1.84. The summed E-state index contributed by atoms with van der Waals surface area (Å²) in [6, 6.07) is 10.9. The molecule has 0 amide bonds. The highest BCUT2D eigenvalue weighted by atomic mass is 79.9. The summed E-state index contributed by atoms with van der Waals surface area (Å²) >= 11 is 3.39. The Morgan fingerprint density at radius 2 is 1.89 bits per heavy atom. The average molecular weight is 326 g/mol. The van der Waals surface area contributed by atoms with Gasteiger partial charge in [-0.3, -0.25) is 0 Å². The quantitative estimate of drug-likeness (QED) is 0.818. The first-order valence-electron chi connectivity index (χ1n) is 5.48. The van der Waals surface area contributed by atoms with E-state index < -0.39 is 6.61 Å². The summed E-state index contributed by atoms with van der Waals surface area (Å²) in [4.78, 5) is 3.79. The van der Waals surface area contributed by atoms with Crippen molar-refractivity contribution in [3.8, 4) is 5.88 Å². The smallest absolute Gasteiger partial charge is 0.388 e. The minimum atomic E-state index is -2.85. The van der Waals surface area contributed by atoms with Crippen LogP contribution in [-0.4, -0.2) is 11.6 Å². The van der Waals surface area contributed by atoms with Gasteiger partial charge in [0.2, 0.25) is 5.88 Å². The number of hydrogen-bond donors (Lipinski definition) is 0. The lowest BCUT2D eigenvalue weighted by Crippen LogP contribution is -2.03. The van der Waals surface area contributed by atoms with Crippen LogP contribution in [0.15, 0.2) is 47.1 Å². The highest BCUT2D eigenvalue weighted by Gasteiger charge is 2.04. The second-order valence-electron chi connectivity index (χ2n) is 3.70. The SMILES string of the molecule is FC(F)Oc1ccc(C=Cc2cccc(Br)c2)cn1. The molecular weight excluding hydrogens is 316 g/mol. The Morgan fingerprint density at radius 3 is 2.53 bits per heavy atom. The third-order valence-corrected chi connectivity index (χ3v) is 2.78. The van der Waals surface area contributed by atoms with Crippen LogP contribution in [-0.2, 0) is 0 Å². The fourth-order valence-corrected chi connectivity index (χ4v) is 1.87. The molecule has 1 heterocycles. The minimum Gasteiger partial charge on any atom is -0.417 e. The van der Waals surface area contributed by atoms with Gasteiger partial charge in [-0.2, -0.15) is 8.78 Å². The molecule has 0 aliphatic heterocycles. The van der Waals surface area contributed by atoms with Crippen LogP contribution >= 0.6 is 15.9 Å². The lowest BCUT2D eigenvalue weighted by molar-refractivity contribution is -0.0528. The van der Waals surface area contributed by atoms with Gasteiger partial charge in [-0.05, 0) is 29.3 Å². The van der Waals surface area contributed by atoms with E-state index in [0.29, 0.717) is 0 Å². The molecule has 0 atom stereocenters. The maximum atomic E-state index is 11.9. The molecule has 0 saturated heterocycles. The van der Waals surface area contributed by atoms with Crippen LogP contribution in [0.2, 0.25) is 0 Å². The molecule has 19 heavy (non-hydrogen) atoms. The molecule has 1 aromatic heterocycles. The maximum absolute atomic E-state index is 11.9. The van der Waals surface area contributed by atoms with E-state index in [4.69, 9.17) is 0 Å². The molecule has 2 rings (SSSR count). The number of hydrogen-bond acceptors (Lipinski definition) is 2. The summed E-state index contributed by atoms with van der Waals surface area (Å²) < 4.78 is 29.1. The van der Waals surface area contributed by atoms with Crippen molar-refractivity contribution in [2.24, 2.45) is 0 Å². The van der Waals surface area contributed by atoms with E-state index in [1.54, 1.807) is 6.07 Å². The summed E-state index contributed by atoms with van der Waals surface area (Å²) in [6.07, 6.45) is 5.24. The molecule has 0 aliphatic rings. The molecule has 0 aliphatic carbocycles. The van der Waals surface area contributed by atoms with Crippen LogP contribution in [0.3, 0.4) is 0 Å². The maximum Gasteiger partial charge on any atom is 0.388 e. The van der Waals surface area contributed by atoms with Gasteiger partial charge in [0.1, 0.15) is 0 Å².